The van der Waals surface area contributed by atoms with Gasteiger partial charge < -0.3 is 30.4 Å². The van der Waals surface area contributed by atoms with Crippen LogP contribution < -0.4 is 21.1 Å². The lowest BCUT2D eigenvalue weighted by Crippen LogP contribution is -2.26. The molecule has 1 amide bonds. The Hall–Kier alpha value is -3.19. The number of benzene rings is 2. The molecule has 4 N–H and O–H groups in total. The molecule has 184 valence electrons. The summed E-state index contributed by atoms with van der Waals surface area (Å²) in [4.78, 5) is 17.1. The first-order valence-corrected chi connectivity index (χ1v) is 11.1. The Labute approximate surface area is 196 Å². The number of imidazole rings is 1. The van der Waals surface area contributed by atoms with Crippen LogP contribution in [0.1, 0.15) is 10.4 Å². The van der Waals surface area contributed by atoms with E-state index in [9.17, 15) is 22.4 Å². The molecule has 0 aliphatic carbocycles. The second-order valence-corrected chi connectivity index (χ2v) is 7.96. The van der Waals surface area contributed by atoms with Crippen LogP contribution in [0.3, 0.4) is 0 Å². The Morgan fingerprint density at radius 2 is 2.03 bits per heavy atom. The van der Waals surface area contributed by atoms with Crippen LogP contribution in [0.25, 0.3) is 11.0 Å². The van der Waals surface area contributed by atoms with E-state index in [2.05, 4.69) is 20.4 Å². The quantitative estimate of drug-likeness (QED) is 0.120. The molecule has 0 aliphatic heterocycles. The monoisotopic (exact) mass is 501 g/mol. The number of carbonyl (C=O) groups excluding carboxylic acids is 1. The van der Waals surface area contributed by atoms with Crippen LogP contribution in [-0.2, 0) is 11.3 Å². The topological polar surface area (TPSA) is 103 Å². The maximum Gasteiger partial charge on any atom is 0.573 e. The average Bonchev–Trinajstić information content (AvgIpc) is 3.12. The maximum absolute atomic E-state index is 13.2. The van der Waals surface area contributed by atoms with Crippen LogP contribution in [-0.4, -0.2) is 54.6 Å². The van der Waals surface area contributed by atoms with Crippen molar-refractivity contribution in [2.75, 3.05) is 43.9 Å². The van der Waals surface area contributed by atoms with Crippen LogP contribution in [0, 0.1) is 0 Å². The summed E-state index contributed by atoms with van der Waals surface area (Å²) >= 11 is 1.13. The lowest BCUT2D eigenvalue weighted by atomic mass is 10.2. The van der Waals surface area contributed by atoms with Gasteiger partial charge in [-0.3, -0.25) is 4.79 Å². The highest BCUT2D eigenvalue weighted by molar-refractivity contribution is 7.99. The maximum atomic E-state index is 13.2. The molecule has 0 unspecified atom stereocenters. The van der Waals surface area contributed by atoms with E-state index in [-0.39, 0.29) is 29.8 Å². The third-order valence-electron chi connectivity index (χ3n) is 4.59. The van der Waals surface area contributed by atoms with Crippen molar-refractivity contribution in [1.82, 2.24) is 14.9 Å². The molecule has 34 heavy (non-hydrogen) atoms. The summed E-state index contributed by atoms with van der Waals surface area (Å²) < 4.78 is 61.1. The van der Waals surface area contributed by atoms with Gasteiger partial charge in [0.25, 0.3) is 5.91 Å². The van der Waals surface area contributed by atoms with Crippen molar-refractivity contribution < 1.29 is 31.8 Å². The van der Waals surface area contributed by atoms with E-state index in [1.807, 2.05) is 0 Å². The molecule has 0 fully saturated rings. The van der Waals surface area contributed by atoms with Gasteiger partial charge in [0.1, 0.15) is 12.4 Å². The highest BCUT2D eigenvalue weighted by Crippen LogP contribution is 2.32. The predicted molar refractivity (Wildman–Crippen MR) is 122 cm³/mol. The van der Waals surface area contributed by atoms with E-state index >= 15 is 0 Å². The number of nitrogen functional groups attached to an aromatic ring is 1. The molecule has 0 bridgehead atoms. The Bertz CT molecular complexity index is 1140. The Balaban J connectivity index is 1.74. The van der Waals surface area contributed by atoms with Crippen molar-refractivity contribution >= 4 is 40.3 Å². The van der Waals surface area contributed by atoms with Gasteiger partial charge in [-0.1, -0.05) is 0 Å². The number of halogens is 4. The number of rotatable bonds is 11. The van der Waals surface area contributed by atoms with Gasteiger partial charge >= 0.3 is 6.36 Å². The summed E-state index contributed by atoms with van der Waals surface area (Å²) in [5.41, 5.74) is 7.64. The van der Waals surface area contributed by atoms with E-state index in [0.717, 1.165) is 17.8 Å². The lowest BCUT2D eigenvalue weighted by molar-refractivity contribution is -0.274. The molecule has 0 saturated heterocycles. The number of thioether (sulfide) groups is 1. The SMILES string of the molecule is COCCNC(=O)c1ccc2c(c1)nc(NCSc1cc(OC(F)(F)F)ccc1N)n2CCF. The van der Waals surface area contributed by atoms with Gasteiger partial charge in [0, 0.05) is 29.8 Å². The number of ether oxygens (including phenoxy) is 2. The first kappa shape index (κ1) is 25.4. The van der Waals surface area contributed by atoms with E-state index in [0.29, 0.717) is 40.6 Å². The van der Waals surface area contributed by atoms with Crippen LogP contribution in [0.5, 0.6) is 5.75 Å². The van der Waals surface area contributed by atoms with Gasteiger partial charge in [-0.05, 0) is 36.4 Å². The highest BCUT2D eigenvalue weighted by Gasteiger charge is 2.31. The molecule has 0 aliphatic rings. The molecule has 3 aromatic rings. The van der Waals surface area contributed by atoms with Crippen LogP contribution in [0.4, 0.5) is 29.2 Å². The van der Waals surface area contributed by atoms with Gasteiger partial charge in [-0.15, -0.1) is 24.9 Å². The molecule has 0 atom stereocenters. The van der Waals surface area contributed by atoms with Crippen molar-refractivity contribution in [3.05, 3.63) is 42.0 Å². The molecular weight excluding hydrogens is 478 g/mol. The largest absolute Gasteiger partial charge is 0.573 e. The second-order valence-electron chi connectivity index (χ2n) is 6.94. The summed E-state index contributed by atoms with van der Waals surface area (Å²) in [7, 11) is 1.53. The number of anilines is 2. The molecule has 1 heterocycles. The van der Waals surface area contributed by atoms with Gasteiger partial charge in [0.15, 0.2) is 0 Å². The summed E-state index contributed by atoms with van der Waals surface area (Å²) in [6.45, 7) is 0.114. The number of methoxy groups -OCH3 is 1. The third-order valence-corrected chi connectivity index (χ3v) is 5.54. The molecule has 0 saturated carbocycles. The molecule has 0 spiro atoms. The normalized spacial score (nSPS) is 11.6. The van der Waals surface area contributed by atoms with E-state index in [1.54, 1.807) is 22.8 Å². The fourth-order valence-electron chi connectivity index (χ4n) is 3.10. The number of nitrogens with one attached hydrogen (secondary N) is 2. The van der Waals surface area contributed by atoms with E-state index in [1.165, 1.54) is 19.2 Å². The number of carbonyl (C=O) groups is 1. The number of amides is 1. The Kier molecular flexibility index (Phi) is 8.45. The zero-order valence-electron chi connectivity index (χ0n) is 18.1. The van der Waals surface area contributed by atoms with Gasteiger partial charge in [0.2, 0.25) is 5.95 Å². The van der Waals surface area contributed by atoms with Crippen LogP contribution in [0.15, 0.2) is 41.3 Å². The van der Waals surface area contributed by atoms with Crippen LogP contribution >= 0.6 is 11.8 Å². The summed E-state index contributed by atoms with van der Waals surface area (Å²) in [6.07, 6.45) is -4.81. The number of aromatic nitrogens is 2. The zero-order valence-corrected chi connectivity index (χ0v) is 18.9. The van der Waals surface area contributed by atoms with E-state index < -0.39 is 13.0 Å². The number of hydrogen-bond donors (Lipinski definition) is 3. The van der Waals surface area contributed by atoms with Crippen LogP contribution in [0.2, 0.25) is 0 Å². The number of alkyl halides is 4. The van der Waals surface area contributed by atoms with Gasteiger partial charge in [-0.2, -0.15) is 0 Å². The summed E-state index contributed by atoms with van der Waals surface area (Å²) in [5.74, 6) is -0.149. The number of nitrogens with zero attached hydrogens (tertiary/aromatic N) is 2. The van der Waals surface area contributed by atoms with Crippen molar-refractivity contribution in [2.45, 2.75) is 17.8 Å². The lowest BCUT2D eigenvalue weighted by Gasteiger charge is -2.12. The fourth-order valence-corrected chi connectivity index (χ4v) is 3.89. The van der Waals surface area contributed by atoms with Crippen molar-refractivity contribution in [3.8, 4) is 5.75 Å². The first-order valence-electron chi connectivity index (χ1n) is 10.1. The van der Waals surface area contributed by atoms with Gasteiger partial charge in [-0.25, -0.2) is 9.37 Å². The predicted octanol–water partition coefficient (Wildman–Crippen LogP) is 4.02. The zero-order chi connectivity index (χ0) is 24.7. The molecule has 2 aromatic carbocycles. The molecule has 0 radical (unpaired) electrons. The average molecular weight is 502 g/mol. The minimum absolute atomic E-state index is 0.0277. The molecule has 1 aromatic heterocycles. The highest BCUT2D eigenvalue weighted by atomic mass is 32.2. The smallest absolute Gasteiger partial charge is 0.406 e. The molecular formula is C21H23F4N5O3S. The Morgan fingerprint density at radius 3 is 2.74 bits per heavy atom. The summed E-state index contributed by atoms with van der Waals surface area (Å²) in [5, 5.41) is 5.75. The standard InChI is InChI=1S/C21H23F4N5O3S/c1-32-9-7-27-19(31)13-2-5-17-16(10-13)29-20(30(17)8-6-22)28-12-34-18-11-14(3-4-15(18)26)33-21(23,24)25/h2-5,10-11H,6-9,12,26H2,1H3,(H,27,31)(H,28,29). The number of hydrogen-bond acceptors (Lipinski definition) is 7. The third kappa shape index (κ3) is 6.67. The van der Waals surface area contributed by atoms with Crippen molar-refractivity contribution in [3.63, 3.8) is 0 Å². The van der Waals surface area contributed by atoms with Crippen molar-refractivity contribution in [2.24, 2.45) is 0 Å². The minimum atomic E-state index is -4.81. The number of fused-ring (bicyclic) bond motifs is 1. The number of aryl methyl sites for hydroxylation is 1. The van der Waals surface area contributed by atoms with Crippen molar-refractivity contribution in [1.29, 1.82) is 0 Å². The van der Waals surface area contributed by atoms with Gasteiger partial charge in [0.05, 0.1) is 30.1 Å². The fraction of sp³-hybridized carbons (Fsp3) is 0.333. The Morgan fingerprint density at radius 1 is 1.24 bits per heavy atom. The molecule has 3 rings (SSSR count). The summed E-state index contributed by atoms with van der Waals surface area (Å²) in [6, 6.07) is 8.53. The molecule has 13 heteroatoms. The van der Waals surface area contributed by atoms with E-state index in [4.69, 9.17) is 10.5 Å². The first-order chi connectivity index (χ1) is 16.2. The number of nitrogens with two attached hydrogens (primary N) is 1. The molecule has 8 nitrogen and oxygen atoms in total. The minimum Gasteiger partial charge on any atom is -0.406 e. The second kappa shape index (κ2) is 11.3.